The third-order valence-corrected chi connectivity index (χ3v) is 4.61. The summed E-state index contributed by atoms with van der Waals surface area (Å²) in [4.78, 5) is 17.4. The molecule has 1 N–H and O–H groups in total. The van der Waals surface area contributed by atoms with E-state index >= 15 is 0 Å². The number of pyridine rings is 1. The van der Waals surface area contributed by atoms with Gasteiger partial charge < -0.3 is 15.0 Å². The van der Waals surface area contributed by atoms with Gasteiger partial charge in [-0.15, -0.1) is 0 Å². The summed E-state index contributed by atoms with van der Waals surface area (Å²) >= 11 is 0. The number of anilines is 2. The van der Waals surface area contributed by atoms with E-state index in [0.717, 1.165) is 30.2 Å². The first-order chi connectivity index (χ1) is 12.7. The highest BCUT2D eigenvalue weighted by Gasteiger charge is 2.15. The number of ether oxygens (including phenoxy) is 1. The van der Waals surface area contributed by atoms with Crippen LogP contribution in [0.5, 0.6) is 5.75 Å². The first kappa shape index (κ1) is 18.0. The lowest BCUT2D eigenvalue weighted by Crippen LogP contribution is -2.24. The minimum absolute atomic E-state index is 0.0403. The molecule has 2 aromatic rings. The predicted molar refractivity (Wildman–Crippen MR) is 102 cm³/mol. The number of rotatable bonds is 6. The third kappa shape index (κ3) is 4.41. The lowest BCUT2D eigenvalue weighted by molar-refractivity contribution is -0.385. The highest BCUT2D eigenvalue weighted by Crippen LogP contribution is 2.29. The smallest absolute Gasteiger partial charge is 0.311 e. The highest BCUT2D eigenvalue weighted by atomic mass is 16.6. The van der Waals surface area contributed by atoms with Crippen LogP contribution in [0.15, 0.2) is 36.5 Å². The van der Waals surface area contributed by atoms with Crippen LogP contribution in [0.2, 0.25) is 0 Å². The minimum atomic E-state index is -0.450. The van der Waals surface area contributed by atoms with Crippen molar-refractivity contribution < 1.29 is 9.66 Å². The molecular weight excluding hydrogens is 332 g/mol. The van der Waals surface area contributed by atoms with Crippen molar-refractivity contribution in [1.29, 1.82) is 0 Å². The number of methoxy groups -OCH3 is 1. The Morgan fingerprint density at radius 3 is 2.58 bits per heavy atom. The molecule has 2 heterocycles. The summed E-state index contributed by atoms with van der Waals surface area (Å²) in [6.07, 6.45) is 6.95. The van der Waals surface area contributed by atoms with Crippen molar-refractivity contribution >= 4 is 17.2 Å². The average Bonchev–Trinajstić information content (AvgIpc) is 2.96. The van der Waals surface area contributed by atoms with Gasteiger partial charge in [-0.1, -0.05) is 18.9 Å². The van der Waals surface area contributed by atoms with Crippen LogP contribution in [0.1, 0.15) is 31.2 Å². The maximum atomic E-state index is 10.9. The number of nitro benzene ring substituents is 1. The number of aromatic nitrogens is 1. The number of nitro groups is 1. The van der Waals surface area contributed by atoms with E-state index in [2.05, 4.69) is 27.3 Å². The molecule has 0 saturated carbocycles. The van der Waals surface area contributed by atoms with Crippen LogP contribution in [-0.2, 0) is 6.54 Å². The van der Waals surface area contributed by atoms with Crippen LogP contribution < -0.4 is 15.0 Å². The molecule has 1 fully saturated rings. The average molecular weight is 356 g/mol. The van der Waals surface area contributed by atoms with Gasteiger partial charge in [0.15, 0.2) is 5.75 Å². The molecule has 0 aliphatic carbocycles. The van der Waals surface area contributed by atoms with Gasteiger partial charge in [0, 0.05) is 43.7 Å². The summed E-state index contributed by atoms with van der Waals surface area (Å²) in [6.45, 7) is 2.74. The monoisotopic (exact) mass is 356 g/mol. The van der Waals surface area contributed by atoms with E-state index in [4.69, 9.17) is 4.74 Å². The summed E-state index contributed by atoms with van der Waals surface area (Å²) < 4.78 is 5.09. The fraction of sp³-hybridized carbons (Fsp3) is 0.421. The Hall–Kier alpha value is -2.83. The number of hydrogen-bond acceptors (Lipinski definition) is 6. The molecule has 7 nitrogen and oxygen atoms in total. The maximum Gasteiger partial charge on any atom is 0.311 e. The molecular formula is C19H24N4O3. The zero-order valence-electron chi connectivity index (χ0n) is 15.0. The highest BCUT2D eigenvalue weighted by molar-refractivity contribution is 5.58. The first-order valence-electron chi connectivity index (χ1n) is 8.93. The molecule has 0 bridgehead atoms. The van der Waals surface area contributed by atoms with Crippen molar-refractivity contribution in [2.45, 2.75) is 32.2 Å². The van der Waals surface area contributed by atoms with Crippen LogP contribution >= 0.6 is 0 Å². The van der Waals surface area contributed by atoms with Gasteiger partial charge in [-0.2, -0.15) is 0 Å². The molecule has 26 heavy (non-hydrogen) atoms. The number of nitrogens with one attached hydrogen (secondary N) is 1. The van der Waals surface area contributed by atoms with E-state index < -0.39 is 4.92 Å². The summed E-state index contributed by atoms with van der Waals surface area (Å²) in [7, 11) is 1.43. The Morgan fingerprint density at radius 1 is 1.19 bits per heavy atom. The molecule has 0 atom stereocenters. The molecule has 1 aliphatic heterocycles. The summed E-state index contributed by atoms with van der Waals surface area (Å²) in [6, 6.07) is 8.90. The second-order valence-corrected chi connectivity index (χ2v) is 6.42. The number of hydrogen-bond donors (Lipinski definition) is 1. The standard InChI is InChI=1S/C19H24N4O3/c1-26-18-12-16(7-8-17(18)23(24)25)20-13-15-6-9-19(21-14-15)22-10-4-2-3-5-11-22/h6-9,12,14,20H,2-5,10-11,13H2,1H3. The Balaban J connectivity index is 1.62. The maximum absolute atomic E-state index is 10.9. The summed E-state index contributed by atoms with van der Waals surface area (Å²) in [5, 5.41) is 14.2. The topological polar surface area (TPSA) is 80.5 Å². The second kappa shape index (κ2) is 8.51. The van der Waals surface area contributed by atoms with Crippen molar-refractivity contribution in [3.63, 3.8) is 0 Å². The SMILES string of the molecule is COc1cc(NCc2ccc(N3CCCCCC3)nc2)ccc1[N+](=O)[O-]. The molecule has 3 rings (SSSR count). The largest absolute Gasteiger partial charge is 0.490 e. The third-order valence-electron chi connectivity index (χ3n) is 4.61. The molecule has 1 aliphatic rings. The normalized spacial score (nSPS) is 14.6. The predicted octanol–water partition coefficient (Wildman–Crippen LogP) is 3.99. The Morgan fingerprint density at radius 2 is 1.96 bits per heavy atom. The van der Waals surface area contributed by atoms with E-state index in [1.165, 1.54) is 38.9 Å². The van der Waals surface area contributed by atoms with Gasteiger partial charge >= 0.3 is 5.69 Å². The Labute approximate surface area is 153 Å². The molecule has 1 aromatic carbocycles. The van der Waals surface area contributed by atoms with Gasteiger partial charge in [0.1, 0.15) is 5.82 Å². The number of nitrogens with zero attached hydrogens (tertiary/aromatic N) is 3. The van der Waals surface area contributed by atoms with Crippen molar-refractivity contribution in [3.05, 3.63) is 52.2 Å². The molecule has 0 unspecified atom stereocenters. The number of benzene rings is 1. The molecule has 138 valence electrons. The van der Waals surface area contributed by atoms with Crippen LogP contribution in [0.3, 0.4) is 0 Å². The molecule has 0 spiro atoms. The minimum Gasteiger partial charge on any atom is -0.490 e. The van der Waals surface area contributed by atoms with E-state index in [0.29, 0.717) is 6.54 Å². The van der Waals surface area contributed by atoms with Crippen molar-refractivity contribution in [2.75, 3.05) is 30.4 Å². The van der Waals surface area contributed by atoms with Gasteiger partial charge in [0.2, 0.25) is 0 Å². The van der Waals surface area contributed by atoms with Gasteiger partial charge in [0.25, 0.3) is 0 Å². The van der Waals surface area contributed by atoms with Crippen LogP contribution in [0, 0.1) is 10.1 Å². The Bertz CT molecular complexity index is 741. The van der Waals surface area contributed by atoms with E-state index in [1.54, 1.807) is 12.1 Å². The summed E-state index contributed by atoms with van der Waals surface area (Å²) in [5.41, 5.74) is 1.78. The Kier molecular flexibility index (Phi) is 5.88. The van der Waals surface area contributed by atoms with Crippen molar-refractivity contribution in [1.82, 2.24) is 4.98 Å². The van der Waals surface area contributed by atoms with Crippen LogP contribution in [0.4, 0.5) is 17.2 Å². The van der Waals surface area contributed by atoms with Gasteiger partial charge in [-0.05, 0) is 30.5 Å². The lowest BCUT2D eigenvalue weighted by atomic mass is 10.2. The van der Waals surface area contributed by atoms with E-state index in [1.807, 2.05) is 6.20 Å². The van der Waals surface area contributed by atoms with Crippen molar-refractivity contribution in [2.24, 2.45) is 0 Å². The van der Waals surface area contributed by atoms with Gasteiger partial charge in [-0.25, -0.2) is 4.98 Å². The van der Waals surface area contributed by atoms with Crippen LogP contribution in [-0.4, -0.2) is 30.1 Å². The fourth-order valence-corrected chi connectivity index (χ4v) is 3.15. The molecule has 0 radical (unpaired) electrons. The molecule has 7 heteroatoms. The molecule has 1 aromatic heterocycles. The second-order valence-electron chi connectivity index (χ2n) is 6.42. The fourth-order valence-electron chi connectivity index (χ4n) is 3.15. The zero-order chi connectivity index (χ0) is 18.4. The van der Waals surface area contributed by atoms with E-state index in [-0.39, 0.29) is 11.4 Å². The lowest BCUT2D eigenvalue weighted by Gasteiger charge is -2.21. The van der Waals surface area contributed by atoms with Crippen LogP contribution in [0.25, 0.3) is 0 Å². The summed E-state index contributed by atoms with van der Waals surface area (Å²) in [5.74, 6) is 1.28. The molecule has 1 saturated heterocycles. The first-order valence-corrected chi connectivity index (χ1v) is 8.93. The quantitative estimate of drug-likeness (QED) is 0.623. The van der Waals surface area contributed by atoms with Gasteiger partial charge in [-0.3, -0.25) is 10.1 Å². The van der Waals surface area contributed by atoms with E-state index in [9.17, 15) is 10.1 Å². The zero-order valence-corrected chi connectivity index (χ0v) is 15.0. The van der Waals surface area contributed by atoms with Crippen molar-refractivity contribution in [3.8, 4) is 5.75 Å². The van der Waals surface area contributed by atoms with Gasteiger partial charge in [0.05, 0.1) is 12.0 Å². The molecule has 0 amide bonds.